The van der Waals surface area contributed by atoms with E-state index in [0.717, 1.165) is 19.6 Å². The second-order valence-electron chi connectivity index (χ2n) is 4.11. The van der Waals surface area contributed by atoms with Gasteiger partial charge in [-0.15, -0.1) is 0 Å². The Kier molecular flexibility index (Phi) is 6.11. The van der Waals surface area contributed by atoms with Crippen LogP contribution in [-0.2, 0) is 9.59 Å². The van der Waals surface area contributed by atoms with Crippen molar-refractivity contribution in [3.8, 4) is 6.07 Å². The summed E-state index contributed by atoms with van der Waals surface area (Å²) in [4.78, 5) is 26.5. The van der Waals surface area contributed by atoms with Gasteiger partial charge in [0.1, 0.15) is 0 Å². The molecule has 7 nitrogen and oxygen atoms in total. The third-order valence-electron chi connectivity index (χ3n) is 2.89. The van der Waals surface area contributed by atoms with Crippen LogP contribution in [0.3, 0.4) is 0 Å². The zero-order valence-corrected chi connectivity index (χ0v) is 10.4. The maximum Gasteiger partial charge on any atom is 0.242 e. The Morgan fingerprint density at radius 2 is 1.94 bits per heavy atom. The Balaban J connectivity index is 2.23. The predicted octanol–water partition coefficient (Wildman–Crippen LogP) is -1.88. The van der Waals surface area contributed by atoms with Crippen LogP contribution in [-0.4, -0.2) is 67.4 Å². The zero-order chi connectivity index (χ0) is 13.4. The molecule has 0 aliphatic carbocycles. The van der Waals surface area contributed by atoms with Crippen molar-refractivity contribution in [2.45, 2.75) is 6.42 Å². The van der Waals surface area contributed by atoms with Gasteiger partial charge in [0.25, 0.3) is 0 Å². The van der Waals surface area contributed by atoms with Crippen molar-refractivity contribution in [3.63, 3.8) is 0 Å². The average molecular weight is 253 g/mol. The van der Waals surface area contributed by atoms with Crippen molar-refractivity contribution in [1.82, 2.24) is 15.1 Å². The fourth-order valence-corrected chi connectivity index (χ4v) is 1.79. The van der Waals surface area contributed by atoms with Crippen LogP contribution in [0.1, 0.15) is 6.42 Å². The summed E-state index contributed by atoms with van der Waals surface area (Å²) >= 11 is 0. The molecule has 18 heavy (non-hydrogen) atoms. The van der Waals surface area contributed by atoms with E-state index in [2.05, 4.69) is 16.3 Å². The molecule has 0 bridgehead atoms. The number of amides is 2. The minimum absolute atomic E-state index is 0.00816. The zero-order valence-electron chi connectivity index (χ0n) is 10.4. The topological polar surface area (TPSA) is 102 Å². The number of nitrogens with zero attached hydrogens (tertiary/aromatic N) is 3. The smallest absolute Gasteiger partial charge is 0.242 e. The summed E-state index contributed by atoms with van der Waals surface area (Å²) < 4.78 is 0. The molecule has 0 spiro atoms. The van der Waals surface area contributed by atoms with Gasteiger partial charge in [0, 0.05) is 39.1 Å². The fourth-order valence-electron chi connectivity index (χ4n) is 1.79. The number of nitriles is 1. The highest BCUT2D eigenvalue weighted by Crippen LogP contribution is 2.02. The van der Waals surface area contributed by atoms with Crippen molar-refractivity contribution in [3.05, 3.63) is 0 Å². The molecule has 1 saturated heterocycles. The van der Waals surface area contributed by atoms with Crippen LogP contribution < -0.4 is 11.1 Å². The third-order valence-corrected chi connectivity index (χ3v) is 2.89. The third kappa shape index (κ3) is 4.69. The molecule has 0 aromatic heterocycles. The molecule has 7 heteroatoms. The molecule has 1 fully saturated rings. The van der Waals surface area contributed by atoms with Gasteiger partial charge >= 0.3 is 0 Å². The van der Waals surface area contributed by atoms with Gasteiger partial charge < -0.3 is 16.0 Å². The maximum atomic E-state index is 11.7. The summed E-state index contributed by atoms with van der Waals surface area (Å²) in [6, 6.07) is 2.11. The van der Waals surface area contributed by atoms with E-state index in [1.165, 1.54) is 0 Å². The lowest BCUT2D eigenvalue weighted by molar-refractivity contribution is -0.134. The molecular formula is C11H19N5O2. The number of hydrogen-bond donors (Lipinski definition) is 2. The van der Waals surface area contributed by atoms with Crippen LogP contribution in [0.25, 0.3) is 0 Å². The predicted molar refractivity (Wildman–Crippen MR) is 65.3 cm³/mol. The molecule has 0 aromatic rings. The van der Waals surface area contributed by atoms with Crippen LogP contribution in [0.5, 0.6) is 0 Å². The number of hydrogen-bond acceptors (Lipinski definition) is 5. The molecule has 2 amide bonds. The van der Waals surface area contributed by atoms with Crippen molar-refractivity contribution in [1.29, 1.82) is 5.26 Å². The van der Waals surface area contributed by atoms with E-state index < -0.39 is 0 Å². The standard InChI is InChI=1S/C11H19N5O2/c12-2-1-3-15-4-6-16(7-5-15)11(18)9-14-10(17)8-13/h1,3-9,13H2,(H,14,17). The fraction of sp³-hybridized carbons (Fsp3) is 0.727. The van der Waals surface area contributed by atoms with Crippen LogP contribution in [0.4, 0.5) is 0 Å². The van der Waals surface area contributed by atoms with Crippen molar-refractivity contribution in [2.24, 2.45) is 5.73 Å². The Hall–Kier alpha value is -1.65. The highest BCUT2D eigenvalue weighted by atomic mass is 16.2. The second-order valence-corrected chi connectivity index (χ2v) is 4.11. The summed E-state index contributed by atoms with van der Waals surface area (Å²) in [7, 11) is 0. The number of nitrogens with two attached hydrogens (primary N) is 1. The van der Waals surface area contributed by atoms with Gasteiger partial charge in [-0.25, -0.2) is 0 Å². The van der Waals surface area contributed by atoms with Crippen LogP contribution in [0.2, 0.25) is 0 Å². The van der Waals surface area contributed by atoms with Crippen LogP contribution in [0.15, 0.2) is 0 Å². The van der Waals surface area contributed by atoms with Crippen molar-refractivity contribution in [2.75, 3.05) is 45.8 Å². The number of carbonyl (C=O) groups is 2. The summed E-state index contributed by atoms with van der Waals surface area (Å²) in [6.45, 7) is 3.49. The average Bonchev–Trinajstić information content (AvgIpc) is 2.42. The minimum atomic E-state index is -0.323. The maximum absolute atomic E-state index is 11.7. The Labute approximate surface area is 107 Å². The first kappa shape index (κ1) is 14.4. The molecular weight excluding hydrogens is 234 g/mol. The first-order valence-corrected chi connectivity index (χ1v) is 6.01. The van der Waals surface area contributed by atoms with E-state index in [0.29, 0.717) is 19.5 Å². The molecule has 3 N–H and O–H groups in total. The lowest BCUT2D eigenvalue weighted by atomic mass is 10.3. The monoisotopic (exact) mass is 253 g/mol. The van der Waals surface area contributed by atoms with Crippen LogP contribution in [0, 0.1) is 11.3 Å². The molecule has 0 radical (unpaired) electrons. The summed E-state index contributed by atoms with van der Waals surface area (Å²) in [5.41, 5.74) is 5.13. The molecule has 1 aliphatic heterocycles. The van der Waals surface area contributed by atoms with Gasteiger partial charge in [0.05, 0.1) is 19.2 Å². The summed E-state index contributed by atoms with van der Waals surface area (Å²) in [5, 5.41) is 11.0. The molecule has 1 heterocycles. The lowest BCUT2D eigenvalue weighted by Gasteiger charge is -2.34. The van der Waals surface area contributed by atoms with Gasteiger partial charge in [-0.3, -0.25) is 14.5 Å². The number of carbonyl (C=O) groups excluding carboxylic acids is 2. The van der Waals surface area contributed by atoms with Gasteiger partial charge in [0.15, 0.2) is 0 Å². The highest BCUT2D eigenvalue weighted by Gasteiger charge is 2.20. The SMILES string of the molecule is N#CCCN1CCN(C(=O)CNC(=O)CN)CC1. The van der Waals surface area contributed by atoms with Gasteiger partial charge in [-0.1, -0.05) is 0 Å². The van der Waals surface area contributed by atoms with Crippen LogP contribution >= 0.6 is 0 Å². The molecule has 0 unspecified atom stereocenters. The molecule has 0 atom stereocenters. The summed E-state index contributed by atoms with van der Waals surface area (Å²) in [6.07, 6.45) is 0.514. The number of nitrogens with one attached hydrogen (secondary N) is 1. The first-order chi connectivity index (χ1) is 8.67. The molecule has 1 rings (SSSR count). The van der Waals surface area contributed by atoms with E-state index in [4.69, 9.17) is 11.0 Å². The van der Waals surface area contributed by atoms with Crippen molar-refractivity contribution < 1.29 is 9.59 Å². The lowest BCUT2D eigenvalue weighted by Crippen LogP contribution is -2.51. The second kappa shape index (κ2) is 7.63. The summed E-state index contributed by atoms with van der Waals surface area (Å²) in [5.74, 6) is -0.410. The van der Waals surface area contributed by atoms with E-state index >= 15 is 0 Å². The van der Waals surface area contributed by atoms with Crippen molar-refractivity contribution >= 4 is 11.8 Å². The number of rotatable bonds is 5. The number of piperazine rings is 1. The first-order valence-electron chi connectivity index (χ1n) is 6.01. The van der Waals surface area contributed by atoms with Gasteiger partial charge in [-0.05, 0) is 0 Å². The van der Waals surface area contributed by atoms with E-state index in [9.17, 15) is 9.59 Å². The minimum Gasteiger partial charge on any atom is -0.346 e. The highest BCUT2D eigenvalue weighted by molar-refractivity contribution is 5.85. The molecule has 100 valence electrons. The normalized spacial score (nSPS) is 16.1. The Morgan fingerprint density at radius 1 is 1.28 bits per heavy atom. The largest absolute Gasteiger partial charge is 0.346 e. The molecule has 1 aliphatic rings. The van der Waals surface area contributed by atoms with E-state index in [1.807, 2.05) is 0 Å². The Morgan fingerprint density at radius 3 is 2.50 bits per heavy atom. The van der Waals surface area contributed by atoms with Gasteiger partial charge in [0.2, 0.25) is 11.8 Å². The van der Waals surface area contributed by atoms with E-state index in [-0.39, 0.29) is 24.9 Å². The quantitative estimate of drug-likeness (QED) is 0.597. The molecule has 0 aromatic carbocycles. The van der Waals surface area contributed by atoms with Gasteiger partial charge in [-0.2, -0.15) is 5.26 Å². The Bertz CT molecular complexity index is 331. The molecule has 0 saturated carbocycles. The van der Waals surface area contributed by atoms with E-state index in [1.54, 1.807) is 4.90 Å².